The maximum Gasteiger partial charge on any atom is -0.0119 e. The molecule has 0 saturated carbocycles. The summed E-state index contributed by atoms with van der Waals surface area (Å²) in [7, 11) is 0. The lowest BCUT2D eigenvalue weighted by atomic mass is 9.75. The summed E-state index contributed by atoms with van der Waals surface area (Å²) < 4.78 is 0. The van der Waals surface area contributed by atoms with Crippen molar-refractivity contribution in [2.24, 2.45) is 0 Å². The van der Waals surface area contributed by atoms with Crippen molar-refractivity contribution in [3.05, 3.63) is 35.4 Å². The molecular formula is C20H32. The maximum absolute atomic E-state index is 2.33. The van der Waals surface area contributed by atoms with Gasteiger partial charge < -0.3 is 0 Å². The van der Waals surface area contributed by atoms with Gasteiger partial charge in [0.05, 0.1) is 0 Å². The van der Waals surface area contributed by atoms with Crippen molar-refractivity contribution >= 4 is 0 Å². The van der Waals surface area contributed by atoms with E-state index in [2.05, 4.69) is 31.2 Å². The van der Waals surface area contributed by atoms with E-state index in [4.69, 9.17) is 0 Å². The summed E-state index contributed by atoms with van der Waals surface area (Å²) in [4.78, 5) is 0. The minimum atomic E-state index is 0.889. The molecule has 1 unspecified atom stereocenters. The van der Waals surface area contributed by atoms with Crippen LogP contribution in [-0.4, -0.2) is 0 Å². The fourth-order valence-corrected chi connectivity index (χ4v) is 3.50. The third-order valence-corrected chi connectivity index (χ3v) is 4.87. The fraction of sp³-hybridized carbons (Fsp3) is 0.700. The molecule has 0 N–H and O–H groups in total. The molecule has 20 heavy (non-hydrogen) atoms. The summed E-state index contributed by atoms with van der Waals surface area (Å²) in [5.74, 6) is 0.889. The molecule has 0 spiro atoms. The van der Waals surface area contributed by atoms with E-state index in [1.54, 1.807) is 11.1 Å². The van der Waals surface area contributed by atoms with Gasteiger partial charge in [0, 0.05) is 0 Å². The van der Waals surface area contributed by atoms with E-state index < -0.39 is 0 Å². The molecular weight excluding hydrogens is 240 g/mol. The Morgan fingerprint density at radius 3 is 2.05 bits per heavy atom. The van der Waals surface area contributed by atoms with Crippen LogP contribution in [0.4, 0.5) is 0 Å². The topological polar surface area (TPSA) is 0 Å². The minimum Gasteiger partial charge on any atom is -0.0654 e. The smallest absolute Gasteiger partial charge is 0.0119 e. The van der Waals surface area contributed by atoms with Crippen molar-refractivity contribution in [2.75, 3.05) is 0 Å². The molecule has 0 heterocycles. The molecule has 0 saturated heterocycles. The highest BCUT2D eigenvalue weighted by molar-refractivity contribution is 5.39. The first-order chi connectivity index (χ1) is 9.92. The van der Waals surface area contributed by atoms with Gasteiger partial charge in [0.25, 0.3) is 0 Å². The fourth-order valence-electron chi connectivity index (χ4n) is 3.50. The second kappa shape index (κ2) is 9.21. The van der Waals surface area contributed by atoms with E-state index in [0.717, 1.165) is 5.92 Å². The SMILES string of the molecule is CCCCCCCCCCCCC1Cc2ccccc21. The summed E-state index contributed by atoms with van der Waals surface area (Å²) in [6.07, 6.45) is 17.2. The maximum atomic E-state index is 2.33. The summed E-state index contributed by atoms with van der Waals surface area (Å²) in [5.41, 5.74) is 3.24. The molecule has 0 amide bonds. The molecule has 0 nitrogen and oxygen atoms in total. The molecule has 0 aromatic heterocycles. The molecule has 1 aromatic rings. The van der Waals surface area contributed by atoms with Gasteiger partial charge in [-0.15, -0.1) is 0 Å². The van der Waals surface area contributed by atoms with Gasteiger partial charge in [-0.3, -0.25) is 0 Å². The van der Waals surface area contributed by atoms with E-state index in [0.29, 0.717) is 0 Å². The van der Waals surface area contributed by atoms with Crippen LogP contribution in [0.5, 0.6) is 0 Å². The number of benzene rings is 1. The van der Waals surface area contributed by atoms with Crippen molar-refractivity contribution in [1.82, 2.24) is 0 Å². The van der Waals surface area contributed by atoms with Gasteiger partial charge in [0.15, 0.2) is 0 Å². The van der Waals surface area contributed by atoms with Crippen LogP contribution in [0.25, 0.3) is 0 Å². The average molecular weight is 272 g/mol. The number of fused-ring (bicyclic) bond motifs is 1. The molecule has 112 valence electrons. The molecule has 0 heteroatoms. The molecule has 0 radical (unpaired) electrons. The lowest BCUT2D eigenvalue weighted by Gasteiger charge is -2.30. The van der Waals surface area contributed by atoms with Crippen LogP contribution in [-0.2, 0) is 6.42 Å². The Labute approximate surface area is 126 Å². The highest BCUT2D eigenvalue weighted by Crippen LogP contribution is 2.38. The second-order valence-electron chi connectivity index (χ2n) is 6.57. The zero-order valence-electron chi connectivity index (χ0n) is 13.4. The highest BCUT2D eigenvalue weighted by Gasteiger charge is 2.24. The Hall–Kier alpha value is -0.780. The molecule has 0 bridgehead atoms. The summed E-state index contributed by atoms with van der Waals surface area (Å²) in [5, 5.41) is 0. The second-order valence-corrected chi connectivity index (χ2v) is 6.57. The molecule has 2 rings (SSSR count). The monoisotopic (exact) mass is 272 g/mol. The normalized spacial score (nSPS) is 16.8. The Bertz CT molecular complexity index is 366. The van der Waals surface area contributed by atoms with Crippen LogP contribution in [0.3, 0.4) is 0 Å². The Kier molecular flexibility index (Phi) is 7.19. The first-order valence-corrected chi connectivity index (χ1v) is 8.99. The van der Waals surface area contributed by atoms with Gasteiger partial charge in [0.2, 0.25) is 0 Å². The number of hydrogen-bond donors (Lipinski definition) is 0. The van der Waals surface area contributed by atoms with Gasteiger partial charge in [0.1, 0.15) is 0 Å². The van der Waals surface area contributed by atoms with Gasteiger partial charge in [-0.1, -0.05) is 95.4 Å². The zero-order valence-corrected chi connectivity index (χ0v) is 13.4. The van der Waals surface area contributed by atoms with E-state index in [1.807, 2.05) is 0 Å². The van der Waals surface area contributed by atoms with Crippen LogP contribution in [0, 0.1) is 0 Å². The predicted octanol–water partition coefficient (Wildman–Crippen LogP) is 6.64. The first kappa shape index (κ1) is 15.6. The molecule has 0 aliphatic heterocycles. The molecule has 1 aliphatic carbocycles. The van der Waals surface area contributed by atoms with E-state index >= 15 is 0 Å². The number of rotatable bonds is 11. The quantitative estimate of drug-likeness (QED) is 0.396. The summed E-state index contributed by atoms with van der Waals surface area (Å²) in [6.45, 7) is 2.29. The predicted molar refractivity (Wildman–Crippen MR) is 89.3 cm³/mol. The van der Waals surface area contributed by atoms with Crippen LogP contribution in [0.2, 0.25) is 0 Å². The van der Waals surface area contributed by atoms with Crippen LogP contribution in [0.1, 0.15) is 94.6 Å². The number of unbranched alkanes of at least 4 members (excludes halogenated alkanes) is 9. The van der Waals surface area contributed by atoms with Crippen molar-refractivity contribution in [3.8, 4) is 0 Å². The van der Waals surface area contributed by atoms with Gasteiger partial charge in [-0.25, -0.2) is 0 Å². The molecule has 0 fully saturated rings. The lowest BCUT2D eigenvalue weighted by molar-refractivity contribution is 0.498. The third-order valence-electron chi connectivity index (χ3n) is 4.87. The van der Waals surface area contributed by atoms with Crippen LogP contribution >= 0.6 is 0 Å². The third kappa shape index (κ3) is 4.96. The van der Waals surface area contributed by atoms with Crippen molar-refractivity contribution in [1.29, 1.82) is 0 Å². The van der Waals surface area contributed by atoms with E-state index in [9.17, 15) is 0 Å². The van der Waals surface area contributed by atoms with Gasteiger partial charge >= 0.3 is 0 Å². The molecule has 1 aliphatic rings. The van der Waals surface area contributed by atoms with Crippen molar-refractivity contribution in [2.45, 2.75) is 89.9 Å². The van der Waals surface area contributed by atoms with E-state index in [-0.39, 0.29) is 0 Å². The Balaban J connectivity index is 1.40. The van der Waals surface area contributed by atoms with Crippen molar-refractivity contribution in [3.63, 3.8) is 0 Å². The highest BCUT2D eigenvalue weighted by atomic mass is 14.3. The standard InChI is InChI=1S/C20H32/c1-2-3-4-5-6-7-8-9-10-11-14-18-17-19-15-12-13-16-20(18)19/h12-13,15-16,18H,2-11,14,17H2,1H3. The molecule has 1 atom stereocenters. The summed E-state index contributed by atoms with van der Waals surface area (Å²) >= 11 is 0. The molecule has 1 aromatic carbocycles. The first-order valence-electron chi connectivity index (χ1n) is 8.99. The van der Waals surface area contributed by atoms with E-state index in [1.165, 1.54) is 77.0 Å². The van der Waals surface area contributed by atoms with Gasteiger partial charge in [-0.2, -0.15) is 0 Å². The largest absolute Gasteiger partial charge is 0.0654 e. The Morgan fingerprint density at radius 2 is 1.40 bits per heavy atom. The minimum absolute atomic E-state index is 0.889. The number of hydrogen-bond acceptors (Lipinski definition) is 0. The van der Waals surface area contributed by atoms with Gasteiger partial charge in [-0.05, 0) is 29.9 Å². The lowest BCUT2D eigenvalue weighted by Crippen LogP contribution is -2.16. The zero-order chi connectivity index (χ0) is 14.0. The van der Waals surface area contributed by atoms with Crippen LogP contribution < -0.4 is 0 Å². The average Bonchev–Trinajstić information content (AvgIpc) is 2.45. The van der Waals surface area contributed by atoms with Crippen molar-refractivity contribution < 1.29 is 0 Å². The summed E-state index contributed by atoms with van der Waals surface area (Å²) in [6, 6.07) is 9.00. The Morgan fingerprint density at radius 1 is 0.800 bits per heavy atom. The van der Waals surface area contributed by atoms with Crippen LogP contribution in [0.15, 0.2) is 24.3 Å².